The highest BCUT2D eigenvalue weighted by Crippen LogP contribution is 2.37. The third kappa shape index (κ3) is 4.62. The fourth-order valence-electron chi connectivity index (χ4n) is 4.59. The van der Waals surface area contributed by atoms with E-state index < -0.39 is 10.2 Å². The van der Waals surface area contributed by atoms with Crippen molar-refractivity contribution in [2.24, 2.45) is 0 Å². The van der Waals surface area contributed by atoms with Crippen LogP contribution in [-0.2, 0) is 14.9 Å². The van der Waals surface area contributed by atoms with E-state index in [2.05, 4.69) is 0 Å². The van der Waals surface area contributed by atoms with Gasteiger partial charge in [0.05, 0.1) is 31.1 Å². The van der Waals surface area contributed by atoms with E-state index in [-0.39, 0.29) is 18.2 Å². The molecule has 168 valence electrons. The molecule has 0 N–H and O–H groups in total. The van der Waals surface area contributed by atoms with Crippen LogP contribution in [0, 0.1) is 6.92 Å². The molecule has 2 fully saturated rings. The normalized spacial score (nSPS) is 25.6. The number of nitrogens with zero attached hydrogens (tertiary/aromatic N) is 3. The molecule has 0 bridgehead atoms. The lowest BCUT2D eigenvalue weighted by atomic mass is 10.0. The number of morpholine rings is 1. The fourth-order valence-corrected chi connectivity index (χ4v) is 6.58. The summed E-state index contributed by atoms with van der Waals surface area (Å²) in [6, 6.07) is 11.7. The van der Waals surface area contributed by atoms with Crippen LogP contribution in [0.4, 0.5) is 0 Å². The minimum Gasteiger partial charge on any atom is -0.497 e. The molecule has 0 unspecified atom stereocenters. The molecule has 0 spiro atoms. The van der Waals surface area contributed by atoms with Gasteiger partial charge in [-0.3, -0.25) is 4.98 Å². The zero-order valence-electron chi connectivity index (χ0n) is 18.6. The van der Waals surface area contributed by atoms with Crippen molar-refractivity contribution in [2.45, 2.75) is 51.9 Å². The first-order chi connectivity index (χ1) is 14.8. The first-order valence-electron chi connectivity index (χ1n) is 10.8. The van der Waals surface area contributed by atoms with Crippen LogP contribution in [0.2, 0.25) is 0 Å². The molecular weight excluding hydrogens is 414 g/mol. The Kier molecular flexibility index (Phi) is 6.35. The first-order valence-corrected chi connectivity index (χ1v) is 12.2. The zero-order valence-corrected chi connectivity index (χ0v) is 19.4. The molecule has 7 nitrogen and oxygen atoms in total. The standard InChI is InChI=1S/C23H31N3O4S/c1-16-12-20(19-7-9-21(29-4)10-8-19)13-22(24-16)23-6-5-11-26(23)31(27,28)25-14-17(2)30-18(3)15-25/h7-10,12-13,17-18,23H,5-6,11,14-15H2,1-4H3/t17-,18+,23-/m1/s1. The third-order valence-corrected chi connectivity index (χ3v) is 7.93. The third-order valence-electron chi connectivity index (χ3n) is 5.95. The van der Waals surface area contributed by atoms with Crippen LogP contribution in [0.25, 0.3) is 11.1 Å². The lowest BCUT2D eigenvalue weighted by Gasteiger charge is -2.37. The molecule has 2 aliphatic rings. The van der Waals surface area contributed by atoms with E-state index in [0.29, 0.717) is 19.6 Å². The van der Waals surface area contributed by atoms with Gasteiger partial charge >= 0.3 is 0 Å². The number of benzene rings is 1. The highest BCUT2D eigenvalue weighted by Gasteiger charge is 2.42. The van der Waals surface area contributed by atoms with Gasteiger partial charge in [0, 0.05) is 25.3 Å². The number of aryl methyl sites for hydroxylation is 1. The fraction of sp³-hybridized carbons (Fsp3) is 0.522. The molecule has 31 heavy (non-hydrogen) atoms. The number of pyridine rings is 1. The van der Waals surface area contributed by atoms with Crippen LogP contribution in [0.3, 0.4) is 0 Å². The highest BCUT2D eigenvalue weighted by molar-refractivity contribution is 7.86. The predicted octanol–water partition coefficient (Wildman–Crippen LogP) is 3.56. The lowest BCUT2D eigenvalue weighted by Crippen LogP contribution is -2.52. The zero-order chi connectivity index (χ0) is 22.2. The molecule has 0 saturated carbocycles. The summed E-state index contributed by atoms with van der Waals surface area (Å²) >= 11 is 0. The van der Waals surface area contributed by atoms with Crippen LogP contribution >= 0.6 is 0 Å². The molecule has 3 atom stereocenters. The van der Waals surface area contributed by atoms with Gasteiger partial charge in [-0.25, -0.2) is 0 Å². The summed E-state index contributed by atoms with van der Waals surface area (Å²) in [6.07, 6.45) is 1.37. The molecule has 0 aliphatic carbocycles. The Labute approximate surface area is 185 Å². The minimum absolute atomic E-state index is 0.113. The van der Waals surface area contributed by atoms with E-state index in [0.717, 1.165) is 41.1 Å². The summed E-state index contributed by atoms with van der Waals surface area (Å²) < 4.78 is 41.3. The molecule has 2 aromatic rings. The number of rotatable bonds is 5. The number of hydrogen-bond donors (Lipinski definition) is 0. The van der Waals surface area contributed by atoms with Gasteiger partial charge in [-0.15, -0.1) is 0 Å². The van der Waals surface area contributed by atoms with Crippen molar-refractivity contribution in [3.8, 4) is 16.9 Å². The van der Waals surface area contributed by atoms with E-state index in [1.54, 1.807) is 15.7 Å². The van der Waals surface area contributed by atoms with E-state index in [9.17, 15) is 8.42 Å². The summed E-state index contributed by atoms with van der Waals surface area (Å²) in [4.78, 5) is 4.74. The van der Waals surface area contributed by atoms with Crippen molar-refractivity contribution in [3.05, 3.63) is 47.8 Å². The monoisotopic (exact) mass is 445 g/mol. The van der Waals surface area contributed by atoms with Gasteiger partial charge in [0.2, 0.25) is 0 Å². The Morgan fingerprint density at radius 3 is 2.39 bits per heavy atom. The highest BCUT2D eigenvalue weighted by atomic mass is 32.2. The quantitative estimate of drug-likeness (QED) is 0.704. The van der Waals surface area contributed by atoms with Crippen LogP contribution < -0.4 is 4.74 Å². The number of hydrogen-bond acceptors (Lipinski definition) is 5. The maximum Gasteiger partial charge on any atom is 0.282 e. The molecule has 8 heteroatoms. The van der Waals surface area contributed by atoms with Gasteiger partial charge < -0.3 is 9.47 Å². The number of aromatic nitrogens is 1. The van der Waals surface area contributed by atoms with Gasteiger partial charge in [-0.05, 0) is 69.0 Å². The second-order valence-corrected chi connectivity index (χ2v) is 10.4. The van der Waals surface area contributed by atoms with Crippen molar-refractivity contribution in [1.29, 1.82) is 0 Å². The Bertz CT molecular complexity index is 1020. The summed E-state index contributed by atoms with van der Waals surface area (Å²) in [5.74, 6) is 0.803. The van der Waals surface area contributed by atoms with E-state index in [4.69, 9.17) is 14.5 Å². The lowest BCUT2D eigenvalue weighted by molar-refractivity contribution is -0.0455. The van der Waals surface area contributed by atoms with Gasteiger partial charge in [0.15, 0.2) is 0 Å². The van der Waals surface area contributed by atoms with Gasteiger partial charge in [0.25, 0.3) is 10.2 Å². The maximum absolute atomic E-state index is 13.5. The smallest absolute Gasteiger partial charge is 0.282 e. The molecule has 2 aliphatic heterocycles. The van der Waals surface area contributed by atoms with E-state index in [1.165, 1.54) is 0 Å². The molecule has 1 aromatic heterocycles. The topological polar surface area (TPSA) is 72.0 Å². The average Bonchev–Trinajstić information content (AvgIpc) is 3.24. The van der Waals surface area contributed by atoms with Crippen molar-refractivity contribution >= 4 is 10.2 Å². The van der Waals surface area contributed by atoms with Crippen molar-refractivity contribution < 1.29 is 17.9 Å². The molecule has 1 aromatic carbocycles. The Hall–Kier alpha value is -2.00. The van der Waals surface area contributed by atoms with E-state index >= 15 is 0 Å². The van der Waals surface area contributed by atoms with Crippen LogP contribution in [-0.4, -0.2) is 61.0 Å². The Morgan fingerprint density at radius 1 is 1.06 bits per heavy atom. The summed E-state index contributed by atoms with van der Waals surface area (Å²) in [7, 11) is -1.95. The van der Waals surface area contributed by atoms with Gasteiger partial charge in [-0.2, -0.15) is 17.0 Å². The molecule has 3 heterocycles. The second-order valence-electron chi connectivity index (χ2n) is 8.50. The van der Waals surface area contributed by atoms with Crippen molar-refractivity contribution in [2.75, 3.05) is 26.7 Å². The van der Waals surface area contributed by atoms with Gasteiger partial charge in [0.1, 0.15) is 5.75 Å². The van der Waals surface area contributed by atoms with E-state index in [1.807, 2.05) is 57.2 Å². The number of methoxy groups -OCH3 is 1. The molecule has 0 amide bonds. The van der Waals surface area contributed by atoms with Crippen LogP contribution in [0.5, 0.6) is 5.75 Å². The Balaban J connectivity index is 1.64. The molecular formula is C23H31N3O4S. The summed E-state index contributed by atoms with van der Waals surface area (Å²) in [6.45, 7) is 7.07. The molecule has 2 saturated heterocycles. The summed E-state index contributed by atoms with van der Waals surface area (Å²) in [5, 5.41) is 0. The van der Waals surface area contributed by atoms with Crippen LogP contribution in [0.15, 0.2) is 36.4 Å². The largest absolute Gasteiger partial charge is 0.497 e. The maximum atomic E-state index is 13.5. The average molecular weight is 446 g/mol. The summed E-state index contributed by atoms with van der Waals surface area (Å²) in [5.41, 5.74) is 3.77. The molecule has 4 rings (SSSR count). The molecule has 0 radical (unpaired) electrons. The van der Waals surface area contributed by atoms with Crippen molar-refractivity contribution in [1.82, 2.24) is 13.6 Å². The van der Waals surface area contributed by atoms with Gasteiger partial charge in [-0.1, -0.05) is 12.1 Å². The number of ether oxygens (including phenoxy) is 2. The SMILES string of the molecule is COc1ccc(-c2cc(C)nc([C@H]3CCCN3S(=O)(=O)N3C[C@@H](C)O[C@@H](C)C3)c2)cc1. The predicted molar refractivity (Wildman–Crippen MR) is 120 cm³/mol. The Morgan fingerprint density at radius 2 is 1.74 bits per heavy atom. The van der Waals surface area contributed by atoms with Crippen LogP contribution in [0.1, 0.15) is 44.1 Å². The second kappa shape index (κ2) is 8.86. The minimum atomic E-state index is -3.59. The first kappa shape index (κ1) is 22.2. The van der Waals surface area contributed by atoms with Crippen molar-refractivity contribution in [3.63, 3.8) is 0 Å².